The van der Waals surface area contributed by atoms with Gasteiger partial charge >= 0.3 is 0 Å². The molecule has 3 heterocycles. The van der Waals surface area contributed by atoms with Gasteiger partial charge in [0.15, 0.2) is 0 Å². The lowest BCUT2D eigenvalue weighted by atomic mass is 9.91. The fourth-order valence-electron chi connectivity index (χ4n) is 5.32. The van der Waals surface area contributed by atoms with Crippen molar-refractivity contribution in [2.75, 3.05) is 5.32 Å². The minimum atomic E-state index is -0.0306. The molecule has 4 aromatic rings. The summed E-state index contributed by atoms with van der Waals surface area (Å²) in [5.74, 6) is -0.0306. The summed E-state index contributed by atoms with van der Waals surface area (Å²) in [6.07, 6.45) is 9.28. The molecule has 4 nitrogen and oxygen atoms in total. The number of anilines is 1. The summed E-state index contributed by atoms with van der Waals surface area (Å²) in [7, 11) is 0. The Bertz CT molecular complexity index is 1460. The third kappa shape index (κ3) is 3.50. The van der Waals surface area contributed by atoms with Crippen LogP contribution in [0.3, 0.4) is 0 Å². The summed E-state index contributed by atoms with van der Waals surface area (Å²) in [5.41, 5.74) is 9.97. The molecule has 2 aromatic heterocycles. The smallest absolute Gasteiger partial charge is 0.256 e. The first kappa shape index (κ1) is 20.7. The molecule has 0 bridgehead atoms. The second-order valence-electron chi connectivity index (χ2n) is 8.94. The van der Waals surface area contributed by atoms with Gasteiger partial charge in [-0.3, -0.25) is 9.78 Å². The number of H-pyrrole nitrogens is 1. The first-order chi connectivity index (χ1) is 16.1. The van der Waals surface area contributed by atoms with Crippen LogP contribution >= 0.6 is 22.6 Å². The number of nitrogens with one attached hydrogen (secondary N) is 2. The molecule has 1 aliphatic heterocycles. The Labute approximate surface area is 206 Å². The highest BCUT2D eigenvalue weighted by Gasteiger charge is 2.28. The molecule has 164 valence electrons. The lowest BCUT2D eigenvalue weighted by molar-refractivity contribution is -0.110. The molecule has 6 rings (SSSR count). The zero-order chi connectivity index (χ0) is 22.5. The number of benzene rings is 2. The minimum Gasteiger partial charge on any atom is -0.358 e. The largest absolute Gasteiger partial charge is 0.358 e. The van der Waals surface area contributed by atoms with E-state index in [4.69, 9.17) is 4.98 Å². The summed E-state index contributed by atoms with van der Waals surface area (Å²) >= 11 is 2.34. The lowest BCUT2D eigenvalue weighted by Crippen LogP contribution is -2.05. The van der Waals surface area contributed by atoms with Crippen LogP contribution in [0.4, 0.5) is 5.69 Å². The van der Waals surface area contributed by atoms with Crippen molar-refractivity contribution in [2.24, 2.45) is 0 Å². The topological polar surface area (TPSA) is 57.8 Å². The molecular formula is C28H24IN3O. The number of aromatic amines is 1. The van der Waals surface area contributed by atoms with E-state index in [-0.39, 0.29) is 5.91 Å². The fourth-order valence-corrected chi connectivity index (χ4v) is 5.76. The maximum absolute atomic E-state index is 13.0. The van der Waals surface area contributed by atoms with Gasteiger partial charge in [-0.05, 0) is 102 Å². The van der Waals surface area contributed by atoms with Crippen LogP contribution in [0.25, 0.3) is 22.4 Å². The number of amides is 1. The van der Waals surface area contributed by atoms with Crippen LogP contribution in [-0.2, 0) is 24.1 Å². The Morgan fingerprint density at radius 3 is 2.85 bits per heavy atom. The summed E-state index contributed by atoms with van der Waals surface area (Å²) < 4.78 is 1.17. The van der Waals surface area contributed by atoms with Gasteiger partial charge in [0.2, 0.25) is 0 Å². The van der Waals surface area contributed by atoms with E-state index in [0.29, 0.717) is 0 Å². The number of carbonyl (C=O) groups excluding carboxylic acids is 1. The normalized spacial score (nSPS) is 16.2. The molecule has 0 atom stereocenters. The van der Waals surface area contributed by atoms with Gasteiger partial charge in [0.1, 0.15) is 0 Å². The molecule has 0 unspecified atom stereocenters. The molecule has 1 amide bonds. The summed E-state index contributed by atoms with van der Waals surface area (Å²) in [4.78, 5) is 21.4. The van der Waals surface area contributed by atoms with E-state index in [2.05, 4.69) is 82.3 Å². The molecule has 33 heavy (non-hydrogen) atoms. The first-order valence-electron chi connectivity index (χ1n) is 11.5. The zero-order valence-electron chi connectivity index (χ0n) is 18.5. The average Bonchev–Trinajstić information content (AvgIpc) is 3.34. The first-order valence-corrected chi connectivity index (χ1v) is 12.6. The Kier molecular flexibility index (Phi) is 5.09. The molecule has 2 N–H and O–H groups in total. The van der Waals surface area contributed by atoms with Gasteiger partial charge in [-0.25, -0.2) is 0 Å². The minimum absolute atomic E-state index is 0.0306. The average molecular weight is 545 g/mol. The Morgan fingerprint density at radius 1 is 1.09 bits per heavy atom. The number of halogens is 1. The zero-order valence-corrected chi connectivity index (χ0v) is 20.6. The molecule has 2 aromatic carbocycles. The van der Waals surface area contributed by atoms with Crippen molar-refractivity contribution < 1.29 is 4.79 Å². The predicted octanol–water partition coefficient (Wildman–Crippen LogP) is 6.44. The van der Waals surface area contributed by atoms with Gasteiger partial charge in [-0.2, -0.15) is 0 Å². The quantitative estimate of drug-likeness (QED) is 0.230. The Morgan fingerprint density at radius 2 is 1.94 bits per heavy atom. The summed E-state index contributed by atoms with van der Waals surface area (Å²) in [6.45, 7) is 2.09. The molecule has 0 saturated carbocycles. The molecule has 0 saturated heterocycles. The highest BCUT2D eigenvalue weighted by atomic mass is 127. The highest BCUT2D eigenvalue weighted by Crippen LogP contribution is 2.39. The number of aromatic nitrogens is 2. The van der Waals surface area contributed by atoms with Crippen LogP contribution in [0, 0.1) is 10.5 Å². The van der Waals surface area contributed by atoms with Crippen LogP contribution in [0.15, 0.2) is 48.7 Å². The molecule has 0 spiro atoms. The molecular weight excluding hydrogens is 521 g/mol. The number of aryl methyl sites for hydroxylation is 1. The summed E-state index contributed by atoms with van der Waals surface area (Å²) in [5, 5.41) is 5.46. The van der Waals surface area contributed by atoms with Crippen LogP contribution in [0.1, 0.15) is 52.2 Å². The van der Waals surface area contributed by atoms with E-state index in [1.54, 1.807) is 0 Å². The van der Waals surface area contributed by atoms with Gasteiger partial charge in [0.05, 0.1) is 11.3 Å². The highest BCUT2D eigenvalue weighted by molar-refractivity contribution is 14.1. The van der Waals surface area contributed by atoms with Crippen molar-refractivity contribution in [3.8, 4) is 0 Å². The maximum Gasteiger partial charge on any atom is 0.256 e. The number of hydrogen-bond acceptors (Lipinski definition) is 2. The fraction of sp³-hybridized carbons (Fsp3) is 0.214. The van der Waals surface area contributed by atoms with Crippen molar-refractivity contribution in [1.29, 1.82) is 0 Å². The SMILES string of the molecule is Cc1c(I)ccc2c1C(=Cc1[nH]c3c(c1Cc1nccc4ccccc14)CCCC3)C(=O)N2. The molecule has 5 heteroatoms. The van der Waals surface area contributed by atoms with Crippen molar-refractivity contribution in [3.63, 3.8) is 0 Å². The van der Waals surface area contributed by atoms with Crippen molar-refractivity contribution >= 4 is 56.6 Å². The number of carbonyl (C=O) groups is 1. The number of pyridine rings is 1. The summed E-state index contributed by atoms with van der Waals surface area (Å²) in [6, 6.07) is 14.6. The molecule has 2 aliphatic rings. The Balaban J connectivity index is 1.52. The standard InChI is InChI=1S/C28H24IN3O/c1-16-22(29)10-11-24-27(16)21(28(33)32-24)15-26-20(19-8-4-5-9-23(19)31-26)14-25-18-7-3-2-6-17(18)12-13-30-25/h2-3,6-7,10-13,15,31H,4-5,8-9,14H2,1H3,(H,32,33). The molecule has 0 radical (unpaired) electrons. The number of rotatable bonds is 3. The van der Waals surface area contributed by atoms with E-state index in [0.717, 1.165) is 53.0 Å². The van der Waals surface area contributed by atoms with E-state index in [1.807, 2.05) is 12.3 Å². The predicted molar refractivity (Wildman–Crippen MR) is 142 cm³/mol. The van der Waals surface area contributed by atoms with E-state index >= 15 is 0 Å². The third-order valence-electron chi connectivity index (χ3n) is 6.99. The van der Waals surface area contributed by atoms with Gasteiger partial charge in [-0.1, -0.05) is 24.3 Å². The molecule has 1 aliphatic carbocycles. The number of nitrogens with zero attached hydrogens (tertiary/aromatic N) is 1. The van der Waals surface area contributed by atoms with Gasteiger partial charge in [0.25, 0.3) is 5.91 Å². The number of fused-ring (bicyclic) bond motifs is 3. The van der Waals surface area contributed by atoms with E-state index < -0.39 is 0 Å². The van der Waals surface area contributed by atoms with Crippen LogP contribution in [0.2, 0.25) is 0 Å². The third-order valence-corrected chi connectivity index (χ3v) is 8.16. The van der Waals surface area contributed by atoms with E-state index in [1.165, 1.54) is 44.0 Å². The monoisotopic (exact) mass is 545 g/mol. The van der Waals surface area contributed by atoms with Crippen molar-refractivity contribution in [2.45, 2.75) is 39.0 Å². The second-order valence-corrected chi connectivity index (χ2v) is 10.1. The van der Waals surface area contributed by atoms with Crippen LogP contribution < -0.4 is 5.32 Å². The van der Waals surface area contributed by atoms with Crippen molar-refractivity contribution in [1.82, 2.24) is 9.97 Å². The second kappa shape index (κ2) is 8.13. The van der Waals surface area contributed by atoms with Crippen LogP contribution in [-0.4, -0.2) is 15.9 Å². The van der Waals surface area contributed by atoms with Gasteiger partial charge in [0, 0.05) is 44.2 Å². The van der Waals surface area contributed by atoms with Gasteiger partial charge < -0.3 is 10.3 Å². The van der Waals surface area contributed by atoms with Crippen molar-refractivity contribution in [3.05, 3.63) is 91.6 Å². The lowest BCUT2D eigenvalue weighted by Gasteiger charge is -2.13. The van der Waals surface area contributed by atoms with E-state index in [9.17, 15) is 4.79 Å². The van der Waals surface area contributed by atoms with Gasteiger partial charge in [-0.15, -0.1) is 0 Å². The number of hydrogen-bond donors (Lipinski definition) is 2. The van der Waals surface area contributed by atoms with Crippen LogP contribution in [0.5, 0.6) is 0 Å². The molecule has 0 fully saturated rings. The Hall–Kier alpha value is -2.93. The maximum atomic E-state index is 13.0.